The smallest absolute Gasteiger partial charge is 0.0750 e. The van der Waals surface area contributed by atoms with E-state index in [1.807, 2.05) is 12.3 Å². The highest BCUT2D eigenvalue weighted by molar-refractivity contribution is 5.82. The van der Waals surface area contributed by atoms with Crippen LogP contribution in [0.3, 0.4) is 0 Å². The molecule has 0 amide bonds. The molecule has 0 aliphatic carbocycles. The molecule has 1 atom stereocenters. The standard InChI is InChI=1S/C15H22N4/c1-19(2)10-9-17-14(11-16)13-7-3-5-12-6-4-8-18-15(12)13/h3-8,14,17H,9-11,16H2,1-2H3. The van der Waals surface area contributed by atoms with Gasteiger partial charge >= 0.3 is 0 Å². The zero-order chi connectivity index (χ0) is 13.7. The molecule has 0 saturated carbocycles. The molecule has 4 nitrogen and oxygen atoms in total. The number of nitrogens with one attached hydrogen (secondary N) is 1. The fourth-order valence-corrected chi connectivity index (χ4v) is 2.19. The number of benzene rings is 1. The van der Waals surface area contributed by atoms with E-state index in [4.69, 9.17) is 5.73 Å². The number of hydrogen-bond donors (Lipinski definition) is 2. The highest BCUT2D eigenvalue weighted by Gasteiger charge is 2.12. The predicted octanol–water partition coefficient (Wildman–Crippen LogP) is 1.39. The Morgan fingerprint density at radius 1 is 1.26 bits per heavy atom. The summed E-state index contributed by atoms with van der Waals surface area (Å²) in [6, 6.07) is 10.4. The Morgan fingerprint density at radius 2 is 2.05 bits per heavy atom. The molecular weight excluding hydrogens is 236 g/mol. The number of fused-ring (bicyclic) bond motifs is 1. The summed E-state index contributed by atoms with van der Waals surface area (Å²) in [5.74, 6) is 0. The summed E-state index contributed by atoms with van der Waals surface area (Å²) in [6.07, 6.45) is 1.83. The van der Waals surface area contributed by atoms with Gasteiger partial charge in [0.15, 0.2) is 0 Å². The third-order valence-electron chi connectivity index (χ3n) is 3.22. The number of pyridine rings is 1. The van der Waals surface area contributed by atoms with Gasteiger partial charge in [-0.05, 0) is 25.7 Å². The van der Waals surface area contributed by atoms with E-state index in [1.54, 1.807) is 0 Å². The van der Waals surface area contributed by atoms with E-state index >= 15 is 0 Å². The summed E-state index contributed by atoms with van der Waals surface area (Å²) in [5.41, 5.74) is 8.13. The first-order valence-electron chi connectivity index (χ1n) is 6.64. The molecule has 102 valence electrons. The zero-order valence-electron chi connectivity index (χ0n) is 11.6. The van der Waals surface area contributed by atoms with E-state index in [-0.39, 0.29) is 6.04 Å². The van der Waals surface area contributed by atoms with Gasteiger partial charge in [-0.25, -0.2) is 0 Å². The second-order valence-electron chi connectivity index (χ2n) is 4.97. The molecule has 2 aromatic rings. The number of para-hydroxylation sites is 1. The Kier molecular flexibility index (Phi) is 4.85. The first-order chi connectivity index (χ1) is 9.22. The lowest BCUT2D eigenvalue weighted by Gasteiger charge is -2.20. The molecule has 3 N–H and O–H groups in total. The Hall–Kier alpha value is -1.49. The summed E-state index contributed by atoms with van der Waals surface area (Å²) in [6.45, 7) is 2.48. The van der Waals surface area contributed by atoms with Gasteiger partial charge < -0.3 is 16.0 Å². The Labute approximate surface area is 114 Å². The Morgan fingerprint density at radius 3 is 2.79 bits per heavy atom. The van der Waals surface area contributed by atoms with Crippen LogP contribution in [0.15, 0.2) is 36.5 Å². The molecule has 0 aliphatic heterocycles. The van der Waals surface area contributed by atoms with Crippen LogP contribution in [0.25, 0.3) is 10.9 Å². The molecule has 1 heterocycles. The van der Waals surface area contributed by atoms with E-state index in [1.165, 1.54) is 5.56 Å². The van der Waals surface area contributed by atoms with E-state index in [9.17, 15) is 0 Å². The fourth-order valence-electron chi connectivity index (χ4n) is 2.19. The molecule has 1 aromatic heterocycles. The Balaban J connectivity index is 2.20. The van der Waals surface area contributed by atoms with Gasteiger partial charge in [0.05, 0.1) is 5.52 Å². The molecular formula is C15H22N4. The monoisotopic (exact) mass is 258 g/mol. The maximum absolute atomic E-state index is 5.91. The summed E-state index contributed by atoms with van der Waals surface area (Å²) < 4.78 is 0. The van der Waals surface area contributed by atoms with Gasteiger partial charge in [-0.1, -0.05) is 24.3 Å². The van der Waals surface area contributed by atoms with E-state index < -0.39 is 0 Å². The number of nitrogens with two attached hydrogens (primary N) is 1. The van der Waals surface area contributed by atoms with Gasteiger partial charge in [0.25, 0.3) is 0 Å². The lowest BCUT2D eigenvalue weighted by Crippen LogP contribution is -2.33. The zero-order valence-corrected chi connectivity index (χ0v) is 11.6. The summed E-state index contributed by atoms with van der Waals surface area (Å²) >= 11 is 0. The number of rotatable bonds is 6. The molecule has 0 saturated heterocycles. The van der Waals surface area contributed by atoms with E-state index in [0.29, 0.717) is 6.54 Å². The number of hydrogen-bond acceptors (Lipinski definition) is 4. The van der Waals surface area contributed by atoms with Crippen LogP contribution >= 0.6 is 0 Å². The topological polar surface area (TPSA) is 54.2 Å². The van der Waals surface area contributed by atoms with Crippen molar-refractivity contribution >= 4 is 10.9 Å². The van der Waals surface area contributed by atoms with Crippen LogP contribution in [0.1, 0.15) is 11.6 Å². The minimum atomic E-state index is 0.151. The van der Waals surface area contributed by atoms with Crippen molar-refractivity contribution in [3.8, 4) is 0 Å². The van der Waals surface area contributed by atoms with Crippen LogP contribution in [-0.4, -0.2) is 43.6 Å². The van der Waals surface area contributed by atoms with Gasteiger partial charge in [0.1, 0.15) is 0 Å². The predicted molar refractivity (Wildman–Crippen MR) is 80.1 cm³/mol. The van der Waals surface area contributed by atoms with E-state index in [2.05, 4.69) is 53.6 Å². The third kappa shape index (κ3) is 3.50. The molecule has 0 fully saturated rings. The minimum Gasteiger partial charge on any atom is -0.329 e. The Bertz CT molecular complexity index is 519. The second kappa shape index (κ2) is 6.61. The van der Waals surface area contributed by atoms with Crippen molar-refractivity contribution in [2.45, 2.75) is 6.04 Å². The van der Waals surface area contributed by atoms with Crippen LogP contribution < -0.4 is 11.1 Å². The molecule has 0 radical (unpaired) electrons. The van der Waals surface area contributed by atoms with Gasteiger partial charge in [-0.15, -0.1) is 0 Å². The van der Waals surface area contributed by atoms with Crippen LogP contribution in [0, 0.1) is 0 Å². The number of nitrogens with zero attached hydrogens (tertiary/aromatic N) is 2. The highest BCUT2D eigenvalue weighted by Crippen LogP contribution is 2.21. The van der Waals surface area contributed by atoms with E-state index in [0.717, 1.165) is 24.0 Å². The van der Waals surface area contributed by atoms with Crippen molar-refractivity contribution in [1.82, 2.24) is 15.2 Å². The maximum Gasteiger partial charge on any atom is 0.0750 e. The maximum atomic E-state index is 5.91. The molecule has 1 unspecified atom stereocenters. The number of aromatic nitrogens is 1. The summed E-state index contributed by atoms with van der Waals surface area (Å²) in [7, 11) is 4.14. The molecule has 0 aliphatic rings. The average Bonchev–Trinajstić information content (AvgIpc) is 2.43. The largest absolute Gasteiger partial charge is 0.329 e. The van der Waals surface area contributed by atoms with Crippen molar-refractivity contribution in [3.63, 3.8) is 0 Å². The van der Waals surface area contributed by atoms with Crippen LogP contribution in [0.2, 0.25) is 0 Å². The molecule has 19 heavy (non-hydrogen) atoms. The van der Waals surface area contributed by atoms with Gasteiger partial charge in [0, 0.05) is 37.3 Å². The SMILES string of the molecule is CN(C)CCNC(CN)c1cccc2cccnc12. The van der Waals surface area contributed by atoms with Crippen molar-refractivity contribution in [2.75, 3.05) is 33.7 Å². The first-order valence-corrected chi connectivity index (χ1v) is 6.64. The molecule has 2 rings (SSSR count). The van der Waals surface area contributed by atoms with Gasteiger partial charge in [0.2, 0.25) is 0 Å². The summed E-state index contributed by atoms with van der Waals surface area (Å²) in [4.78, 5) is 6.64. The molecule has 4 heteroatoms. The van der Waals surface area contributed by atoms with Crippen molar-refractivity contribution in [1.29, 1.82) is 0 Å². The van der Waals surface area contributed by atoms with Crippen molar-refractivity contribution in [3.05, 3.63) is 42.1 Å². The van der Waals surface area contributed by atoms with Crippen molar-refractivity contribution < 1.29 is 0 Å². The fraction of sp³-hybridized carbons (Fsp3) is 0.400. The minimum absolute atomic E-state index is 0.151. The first kappa shape index (κ1) is 13.9. The molecule has 1 aromatic carbocycles. The summed E-state index contributed by atoms with van der Waals surface area (Å²) in [5, 5.41) is 4.66. The average molecular weight is 258 g/mol. The normalized spacial score (nSPS) is 13.1. The second-order valence-corrected chi connectivity index (χ2v) is 4.97. The molecule has 0 spiro atoms. The van der Waals surface area contributed by atoms with Crippen LogP contribution in [0.5, 0.6) is 0 Å². The van der Waals surface area contributed by atoms with Gasteiger partial charge in [-0.3, -0.25) is 4.98 Å². The highest BCUT2D eigenvalue weighted by atomic mass is 15.1. The van der Waals surface area contributed by atoms with Crippen LogP contribution in [-0.2, 0) is 0 Å². The van der Waals surface area contributed by atoms with Gasteiger partial charge in [-0.2, -0.15) is 0 Å². The quantitative estimate of drug-likeness (QED) is 0.822. The molecule has 0 bridgehead atoms. The van der Waals surface area contributed by atoms with Crippen LogP contribution in [0.4, 0.5) is 0 Å². The lowest BCUT2D eigenvalue weighted by molar-refractivity contribution is 0.386. The van der Waals surface area contributed by atoms with Crippen molar-refractivity contribution in [2.24, 2.45) is 5.73 Å². The lowest BCUT2D eigenvalue weighted by atomic mass is 10.0. The number of likely N-dealkylation sites (N-methyl/N-ethyl adjacent to an activating group) is 1. The third-order valence-corrected chi connectivity index (χ3v) is 3.22.